The van der Waals surface area contributed by atoms with Crippen LogP contribution in [-0.2, 0) is 11.2 Å². The predicted octanol–water partition coefficient (Wildman–Crippen LogP) is 1.35. The SMILES string of the molecule is Cc1nnc(NC(=O)CN2CCCc3cc(N)ccc32)o1. The van der Waals surface area contributed by atoms with Gasteiger partial charge in [-0.2, -0.15) is 0 Å². The van der Waals surface area contributed by atoms with E-state index in [9.17, 15) is 4.79 Å². The summed E-state index contributed by atoms with van der Waals surface area (Å²) in [4.78, 5) is 14.1. The van der Waals surface area contributed by atoms with Crippen molar-refractivity contribution in [2.45, 2.75) is 19.8 Å². The standard InChI is InChI=1S/C14H17N5O2/c1-9-17-18-14(21-9)16-13(20)8-19-6-2-3-10-7-11(15)4-5-12(10)19/h4-5,7H,2-3,6,8,15H2,1H3,(H,16,18,20). The van der Waals surface area contributed by atoms with Crippen LogP contribution in [-0.4, -0.2) is 29.2 Å². The number of carbonyl (C=O) groups is 1. The Balaban J connectivity index is 1.70. The average Bonchev–Trinajstić information content (AvgIpc) is 2.83. The molecule has 110 valence electrons. The van der Waals surface area contributed by atoms with Gasteiger partial charge in [0.1, 0.15) is 0 Å². The summed E-state index contributed by atoms with van der Waals surface area (Å²) in [5, 5.41) is 10.0. The summed E-state index contributed by atoms with van der Waals surface area (Å²) in [5.41, 5.74) is 8.80. The molecule has 0 unspecified atom stereocenters. The zero-order chi connectivity index (χ0) is 14.8. The number of nitrogens with zero attached hydrogens (tertiary/aromatic N) is 3. The summed E-state index contributed by atoms with van der Waals surface area (Å²) in [6.07, 6.45) is 1.99. The van der Waals surface area contributed by atoms with E-state index in [2.05, 4.69) is 15.5 Å². The molecule has 2 aromatic rings. The largest absolute Gasteiger partial charge is 0.408 e. The maximum absolute atomic E-state index is 12.1. The van der Waals surface area contributed by atoms with Crippen LogP contribution in [0.15, 0.2) is 22.6 Å². The Morgan fingerprint density at radius 1 is 1.48 bits per heavy atom. The fourth-order valence-corrected chi connectivity index (χ4v) is 2.54. The summed E-state index contributed by atoms with van der Waals surface area (Å²) in [5.74, 6) is 0.243. The van der Waals surface area contributed by atoms with Gasteiger partial charge in [-0.05, 0) is 36.6 Å². The van der Waals surface area contributed by atoms with Crippen molar-refractivity contribution in [2.75, 3.05) is 29.0 Å². The Bertz CT molecular complexity index is 667. The Kier molecular flexibility index (Phi) is 3.47. The highest BCUT2D eigenvalue weighted by Crippen LogP contribution is 2.28. The minimum absolute atomic E-state index is 0.132. The van der Waals surface area contributed by atoms with Crippen molar-refractivity contribution in [1.29, 1.82) is 0 Å². The van der Waals surface area contributed by atoms with Gasteiger partial charge in [-0.25, -0.2) is 0 Å². The number of nitrogen functional groups attached to an aromatic ring is 1. The van der Waals surface area contributed by atoms with Crippen LogP contribution < -0.4 is 16.0 Å². The molecule has 0 radical (unpaired) electrons. The quantitative estimate of drug-likeness (QED) is 0.827. The van der Waals surface area contributed by atoms with Gasteiger partial charge in [0.25, 0.3) is 0 Å². The molecule has 7 nitrogen and oxygen atoms in total. The summed E-state index contributed by atoms with van der Waals surface area (Å²) >= 11 is 0. The molecule has 1 amide bonds. The molecule has 21 heavy (non-hydrogen) atoms. The lowest BCUT2D eigenvalue weighted by Crippen LogP contribution is -2.36. The first kappa shape index (κ1) is 13.4. The third-order valence-corrected chi connectivity index (χ3v) is 3.43. The molecule has 0 atom stereocenters. The van der Waals surface area contributed by atoms with Crippen molar-refractivity contribution in [3.63, 3.8) is 0 Å². The normalized spacial score (nSPS) is 13.9. The van der Waals surface area contributed by atoms with E-state index in [0.717, 1.165) is 30.8 Å². The number of aromatic nitrogens is 2. The highest BCUT2D eigenvalue weighted by Gasteiger charge is 2.20. The van der Waals surface area contributed by atoms with E-state index in [1.807, 2.05) is 23.1 Å². The van der Waals surface area contributed by atoms with Gasteiger partial charge >= 0.3 is 6.01 Å². The van der Waals surface area contributed by atoms with Crippen molar-refractivity contribution in [2.24, 2.45) is 0 Å². The highest BCUT2D eigenvalue weighted by atomic mass is 16.4. The second-order valence-electron chi connectivity index (χ2n) is 5.09. The molecule has 0 saturated carbocycles. The van der Waals surface area contributed by atoms with Gasteiger partial charge in [0.2, 0.25) is 11.8 Å². The first-order valence-electron chi connectivity index (χ1n) is 6.85. The third kappa shape index (κ3) is 2.96. The van der Waals surface area contributed by atoms with Gasteiger partial charge in [-0.1, -0.05) is 5.10 Å². The van der Waals surface area contributed by atoms with Crippen molar-refractivity contribution < 1.29 is 9.21 Å². The zero-order valence-electron chi connectivity index (χ0n) is 11.8. The molecule has 1 aromatic heterocycles. The van der Waals surface area contributed by atoms with E-state index in [1.165, 1.54) is 5.56 Å². The fourth-order valence-electron chi connectivity index (χ4n) is 2.54. The van der Waals surface area contributed by atoms with Gasteiger partial charge in [-0.15, -0.1) is 5.10 Å². The molecular weight excluding hydrogens is 270 g/mol. The molecule has 7 heteroatoms. The fraction of sp³-hybridized carbons (Fsp3) is 0.357. The number of hydrogen-bond donors (Lipinski definition) is 2. The lowest BCUT2D eigenvalue weighted by atomic mass is 10.0. The molecule has 3 N–H and O–H groups in total. The number of rotatable bonds is 3. The molecule has 1 aromatic carbocycles. The number of anilines is 3. The van der Waals surface area contributed by atoms with E-state index in [-0.39, 0.29) is 18.5 Å². The maximum atomic E-state index is 12.1. The van der Waals surface area contributed by atoms with Gasteiger partial charge in [0.05, 0.1) is 6.54 Å². The van der Waals surface area contributed by atoms with Crippen molar-refractivity contribution in [3.8, 4) is 0 Å². The van der Waals surface area contributed by atoms with Gasteiger partial charge in [-0.3, -0.25) is 10.1 Å². The summed E-state index contributed by atoms with van der Waals surface area (Å²) in [6.45, 7) is 2.76. The number of fused-ring (bicyclic) bond motifs is 1. The van der Waals surface area contributed by atoms with Crippen molar-refractivity contribution in [1.82, 2.24) is 10.2 Å². The van der Waals surface area contributed by atoms with Crippen LogP contribution in [0.25, 0.3) is 0 Å². The smallest absolute Gasteiger partial charge is 0.322 e. The van der Waals surface area contributed by atoms with Crippen LogP contribution in [0, 0.1) is 6.92 Å². The molecule has 0 aliphatic carbocycles. The minimum Gasteiger partial charge on any atom is -0.408 e. The summed E-state index contributed by atoms with van der Waals surface area (Å²) in [6, 6.07) is 5.93. The molecule has 3 rings (SSSR count). The first-order chi connectivity index (χ1) is 10.1. The molecule has 0 saturated heterocycles. The van der Waals surface area contributed by atoms with Gasteiger partial charge < -0.3 is 15.1 Å². The number of hydrogen-bond acceptors (Lipinski definition) is 6. The Morgan fingerprint density at radius 2 is 2.33 bits per heavy atom. The molecular formula is C14H17N5O2. The lowest BCUT2D eigenvalue weighted by Gasteiger charge is -2.30. The topological polar surface area (TPSA) is 97.3 Å². The molecule has 1 aliphatic heterocycles. The molecule has 0 fully saturated rings. The van der Waals surface area contributed by atoms with Crippen LogP contribution in [0.4, 0.5) is 17.4 Å². The number of aryl methyl sites for hydroxylation is 2. The number of nitrogens with one attached hydrogen (secondary N) is 1. The average molecular weight is 287 g/mol. The summed E-state index contributed by atoms with van der Waals surface area (Å²) in [7, 11) is 0. The monoisotopic (exact) mass is 287 g/mol. The van der Waals surface area contributed by atoms with Crippen LogP contribution in [0.1, 0.15) is 17.9 Å². The predicted molar refractivity (Wildman–Crippen MR) is 79.1 cm³/mol. The van der Waals surface area contributed by atoms with Crippen LogP contribution in [0.3, 0.4) is 0 Å². The Hall–Kier alpha value is -2.57. The van der Waals surface area contributed by atoms with Crippen molar-refractivity contribution in [3.05, 3.63) is 29.7 Å². The van der Waals surface area contributed by atoms with Crippen molar-refractivity contribution >= 4 is 23.3 Å². The third-order valence-electron chi connectivity index (χ3n) is 3.43. The number of benzene rings is 1. The highest BCUT2D eigenvalue weighted by molar-refractivity contribution is 5.92. The second-order valence-corrected chi connectivity index (χ2v) is 5.09. The van der Waals surface area contributed by atoms with E-state index in [4.69, 9.17) is 10.2 Å². The van der Waals surface area contributed by atoms with Gasteiger partial charge in [0.15, 0.2) is 0 Å². The van der Waals surface area contributed by atoms with Crippen LogP contribution in [0.5, 0.6) is 0 Å². The Morgan fingerprint density at radius 3 is 3.10 bits per heavy atom. The lowest BCUT2D eigenvalue weighted by molar-refractivity contribution is -0.115. The second kappa shape index (κ2) is 5.43. The molecule has 0 spiro atoms. The van der Waals surface area contributed by atoms with E-state index >= 15 is 0 Å². The van der Waals surface area contributed by atoms with E-state index in [0.29, 0.717) is 5.89 Å². The molecule has 0 bridgehead atoms. The number of nitrogens with two attached hydrogens (primary N) is 1. The first-order valence-corrected chi connectivity index (χ1v) is 6.85. The maximum Gasteiger partial charge on any atom is 0.322 e. The Labute approximate surface area is 122 Å². The number of amides is 1. The summed E-state index contributed by atoms with van der Waals surface area (Å²) < 4.78 is 5.14. The van der Waals surface area contributed by atoms with Gasteiger partial charge in [0, 0.05) is 24.8 Å². The van der Waals surface area contributed by atoms with Crippen LogP contribution in [0.2, 0.25) is 0 Å². The molecule has 2 heterocycles. The molecule has 1 aliphatic rings. The number of carbonyl (C=O) groups excluding carboxylic acids is 1. The van der Waals surface area contributed by atoms with E-state index in [1.54, 1.807) is 6.92 Å². The van der Waals surface area contributed by atoms with E-state index < -0.39 is 0 Å². The van der Waals surface area contributed by atoms with Crippen LogP contribution >= 0.6 is 0 Å². The zero-order valence-corrected chi connectivity index (χ0v) is 11.8. The minimum atomic E-state index is -0.177.